The van der Waals surface area contributed by atoms with E-state index < -0.39 is 0 Å². The van der Waals surface area contributed by atoms with Crippen molar-refractivity contribution in [2.75, 3.05) is 19.0 Å². The first kappa shape index (κ1) is 14.1. The number of anilines is 2. The van der Waals surface area contributed by atoms with Crippen LogP contribution < -0.4 is 14.8 Å². The summed E-state index contributed by atoms with van der Waals surface area (Å²) in [5, 5.41) is 3.24. The van der Waals surface area contributed by atoms with Gasteiger partial charge in [0, 0.05) is 11.8 Å². The smallest absolute Gasteiger partial charge is 0.163 e. The Balaban J connectivity index is 1.89. The lowest BCUT2D eigenvalue weighted by molar-refractivity contribution is 0.311. The SMILES string of the molecule is CCOc1cc(Nc2cnc3ccccc3n2)ccc1OC. The summed E-state index contributed by atoms with van der Waals surface area (Å²) in [4.78, 5) is 8.93. The van der Waals surface area contributed by atoms with Gasteiger partial charge in [-0.25, -0.2) is 4.98 Å². The number of methoxy groups -OCH3 is 1. The Bertz CT molecular complexity index is 790. The lowest BCUT2D eigenvalue weighted by Gasteiger charge is -2.12. The van der Waals surface area contributed by atoms with Crippen LogP contribution in [0.1, 0.15) is 6.92 Å². The van der Waals surface area contributed by atoms with Crippen LogP contribution in [0.5, 0.6) is 11.5 Å². The number of benzene rings is 2. The van der Waals surface area contributed by atoms with E-state index in [1.807, 2.05) is 49.4 Å². The van der Waals surface area contributed by atoms with Crippen molar-refractivity contribution >= 4 is 22.5 Å². The molecule has 0 fully saturated rings. The van der Waals surface area contributed by atoms with Crippen molar-refractivity contribution in [3.8, 4) is 11.5 Å². The van der Waals surface area contributed by atoms with Crippen LogP contribution in [0.4, 0.5) is 11.5 Å². The lowest BCUT2D eigenvalue weighted by Crippen LogP contribution is -1.98. The minimum Gasteiger partial charge on any atom is -0.493 e. The van der Waals surface area contributed by atoms with Crippen LogP contribution in [0.2, 0.25) is 0 Å². The summed E-state index contributed by atoms with van der Waals surface area (Å²) in [6, 6.07) is 13.4. The predicted octanol–water partition coefficient (Wildman–Crippen LogP) is 3.78. The summed E-state index contributed by atoms with van der Waals surface area (Å²) in [6.07, 6.45) is 1.72. The van der Waals surface area contributed by atoms with E-state index >= 15 is 0 Å². The van der Waals surface area contributed by atoms with Crippen LogP contribution in [0.15, 0.2) is 48.7 Å². The second-order valence-electron chi connectivity index (χ2n) is 4.67. The molecule has 0 spiro atoms. The first-order chi connectivity index (χ1) is 10.8. The third-order valence-corrected chi connectivity index (χ3v) is 3.18. The third-order valence-electron chi connectivity index (χ3n) is 3.18. The molecule has 0 bridgehead atoms. The van der Waals surface area contributed by atoms with Crippen LogP contribution >= 0.6 is 0 Å². The normalized spacial score (nSPS) is 10.5. The summed E-state index contributed by atoms with van der Waals surface area (Å²) in [5.41, 5.74) is 2.60. The number of ether oxygens (including phenoxy) is 2. The van der Waals surface area contributed by atoms with Crippen molar-refractivity contribution in [3.05, 3.63) is 48.7 Å². The maximum atomic E-state index is 5.58. The Morgan fingerprint density at radius 1 is 1.05 bits per heavy atom. The number of aromatic nitrogens is 2. The first-order valence-corrected chi connectivity index (χ1v) is 7.10. The van der Waals surface area contributed by atoms with Gasteiger partial charge in [0.25, 0.3) is 0 Å². The molecule has 5 heteroatoms. The predicted molar refractivity (Wildman–Crippen MR) is 87.0 cm³/mol. The highest BCUT2D eigenvalue weighted by atomic mass is 16.5. The van der Waals surface area contributed by atoms with E-state index in [1.54, 1.807) is 13.3 Å². The second-order valence-corrected chi connectivity index (χ2v) is 4.67. The quantitative estimate of drug-likeness (QED) is 0.776. The number of hydrogen-bond acceptors (Lipinski definition) is 5. The fourth-order valence-corrected chi connectivity index (χ4v) is 2.19. The van der Waals surface area contributed by atoms with E-state index in [0.29, 0.717) is 23.9 Å². The van der Waals surface area contributed by atoms with Gasteiger partial charge in [0.05, 0.1) is 30.9 Å². The lowest BCUT2D eigenvalue weighted by atomic mass is 10.2. The van der Waals surface area contributed by atoms with Crippen LogP contribution in [0.3, 0.4) is 0 Å². The molecule has 2 aromatic carbocycles. The van der Waals surface area contributed by atoms with E-state index in [-0.39, 0.29) is 0 Å². The van der Waals surface area contributed by atoms with Crippen LogP contribution in [-0.2, 0) is 0 Å². The van der Waals surface area contributed by atoms with E-state index in [9.17, 15) is 0 Å². The summed E-state index contributed by atoms with van der Waals surface area (Å²) in [5.74, 6) is 2.09. The average Bonchev–Trinajstić information content (AvgIpc) is 2.55. The molecule has 112 valence electrons. The van der Waals surface area contributed by atoms with Crippen molar-refractivity contribution in [1.29, 1.82) is 0 Å². The molecule has 0 amide bonds. The van der Waals surface area contributed by atoms with Gasteiger partial charge in [0.2, 0.25) is 0 Å². The third kappa shape index (κ3) is 2.93. The highest BCUT2D eigenvalue weighted by Crippen LogP contribution is 2.31. The number of nitrogens with zero attached hydrogens (tertiary/aromatic N) is 2. The Morgan fingerprint density at radius 2 is 1.86 bits per heavy atom. The van der Waals surface area contributed by atoms with Crippen molar-refractivity contribution < 1.29 is 9.47 Å². The topological polar surface area (TPSA) is 56.3 Å². The molecule has 22 heavy (non-hydrogen) atoms. The Kier molecular flexibility index (Phi) is 4.05. The monoisotopic (exact) mass is 295 g/mol. The molecule has 0 radical (unpaired) electrons. The van der Waals surface area contributed by atoms with E-state index in [4.69, 9.17) is 9.47 Å². The van der Waals surface area contributed by atoms with Crippen molar-refractivity contribution in [2.45, 2.75) is 6.92 Å². The van der Waals surface area contributed by atoms with Crippen LogP contribution in [0.25, 0.3) is 11.0 Å². The maximum Gasteiger partial charge on any atom is 0.163 e. The molecular formula is C17H17N3O2. The van der Waals surface area contributed by atoms with Crippen molar-refractivity contribution in [3.63, 3.8) is 0 Å². The molecule has 0 aliphatic rings. The Labute approximate surface area is 128 Å². The fourth-order valence-electron chi connectivity index (χ4n) is 2.19. The molecule has 1 aromatic heterocycles. The van der Waals surface area contributed by atoms with Crippen LogP contribution in [-0.4, -0.2) is 23.7 Å². The number of nitrogens with one attached hydrogen (secondary N) is 1. The molecule has 3 aromatic rings. The van der Waals surface area contributed by atoms with Gasteiger partial charge in [-0.3, -0.25) is 4.98 Å². The maximum absolute atomic E-state index is 5.58. The highest BCUT2D eigenvalue weighted by molar-refractivity contribution is 5.76. The van der Waals surface area contributed by atoms with Gasteiger partial charge in [0.1, 0.15) is 5.82 Å². The van der Waals surface area contributed by atoms with Crippen LogP contribution in [0, 0.1) is 0 Å². The highest BCUT2D eigenvalue weighted by Gasteiger charge is 2.06. The summed E-state index contributed by atoms with van der Waals surface area (Å²) in [7, 11) is 1.62. The number of para-hydroxylation sites is 2. The minimum absolute atomic E-state index is 0.579. The van der Waals surface area contributed by atoms with E-state index in [1.165, 1.54) is 0 Å². The number of hydrogen-bond donors (Lipinski definition) is 1. The molecule has 0 atom stereocenters. The van der Waals surface area contributed by atoms with Gasteiger partial charge in [-0.1, -0.05) is 12.1 Å². The van der Waals surface area contributed by atoms with Gasteiger partial charge in [-0.2, -0.15) is 0 Å². The van der Waals surface area contributed by atoms with Crippen molar-refractivity contribution in [1.82, 2.24) is 9.97 Å². The molecule has 5 nitrogen and oxygen atoms in total. The van der Waals surface area contributed by atoms with E-state index in [2.05, 4.69) is 15.3 Å². The molecule has 3 rings (SSSR count). The van der Waals surface area contributed by atoms with Gasteiger partial charge in [-0.05, 0) is 31.2 Å². The first-order valence-electron chi connectivity index (χ1n) is 7.10. The zero-order chi connectivity index (χ0) is 15.4. The molecule has 0 saturated heterocycles. The molecule has 0 saturated carbocycles. The number of rotatable bonds is 5. The Morgan fingerprint density at radius 3 is 2.64 bits per heavy atom. The largest absolute Gasteiger partial charge is 0.493 e. The van der Waals surface area contributed by atoms with Gasteiger partial charge < -0.3 is 14.8 Å². The van der Waals surface area contributed by atoms with Gasteiger partial charge >= 0.3 is 0 Å². The summed E-state index contributed by atoms with van der Waals surface area (Å²) in [6.45, 7) is 2.52. The van der Waals surface area contributed by atoms with E-state index in [0.717, 1.165) is 16.7 Å². The summed E-state index contributed by atoms with van der Waals surface area (Å²) >= 11 is 0. The second kappa shape index (κ2) is 6.30. The molecule has 0 unspecified atom stereocenters. The number of fused-ring (bicyclic) bond motifs is 1. The molecular weight excluding hydrogens is 278 g/mol. The standard InChI is InChI=1S/C17H17N3O2/c1-3-22-16-10-12(8-9-15(16)21-2)19-17-11-18-13-6-4-5-7-14(13)20-17/h4-11H,3H2,1-2H3,(H,19,20). The minimum atomic E-state index is 0.579. The fraction of sp³-hybridized carbons (Fsp3) is 0.176. The molecule has 1 N–H and O–H groups in total. The van der Waals surface area contributed by atoms with Gasteiger partial charge in [-0.15, -0.1) is 0 Å². The zero-order valence-electron chi connectivity index (χ0n) is 12.5. The van der Waals surface area contributed by atoms with Crippen molar-refractivity contribution in [2.24, 2.45) is 0 Å². The molecule has 0 aliphatic heterocycles. The summed E-state index contributed by atoms with van der Waals surface area (Å²) < 4.78 is 10.9. The molecule has 1 heterocycles. The zero-order valence-corrected chi connectivity index (χ0v) is 12.5. The van der Waals surface area contributed by atoms with Gasteiger partial charge in [0.15, 0.2) is 11.5 Å². The molecule has 0 aliphatic carbocycles. The Hall–Kier alpha value is -2.82. The average molecular weight is 295 g/mol.